The van der Waals surface area contributed by atoms with Crippen LogP contribution in [0.5, 0.6) is 23.0 Å². The molecule has 2 amide bonds. The minimum atomic E-state index is -0.306. The zero-order chi connectivity index (χ0) is 23.2. The Morgan fingerprint density at radius 3 is 2.24 bits per heavy atom. The number of fused-ring (bicyclic) bond motifs is 1. The van der Waals surface area contributed by atoms with Gasteiger partial charge in [-0.3, -0.25) is 0 Å². The van der Waals surface area contributed by atoms with Crippen LogP contribution in [-0.4, -0.2) is 45.4 Å². The molecule has 1 aliphatic heterocycles. The van der Waals surface area contributed by atoms with Crippen LogP contribution in [0.3, 0.4) is 0 Å². The standard InChI is InChI=1S/C26H28N2O5/c1-30-20-9-11-21(12-10-20)33-17-23-22-16-25(32-3)24(31-2)15-18(22)13-14-28(23)26(29)27-19-7-5-4-6-8-19/h4-12,15-16,23H,13-14,17H2,1-3H3,(H,27,29)/t23-/m1/s1. The number of benzene rings is 3. The van der Waals surface area contributed by atoms with Gasteiger partial charge in [0.25, 0.3) is 0 Å². The molecule has 1 N–H and O–H groups in total. The summed E-state index contributed by atoms with van der Waals surface area (Å²) in [6.07, 6.45) is 0.705. The lowest BCUT2D eigenvalue weighted by molar-refractivity contribution is 0.144. The first-order valence-corrected chi connectivity index (χ1v) is 10.8. The number of para-hydroxylation sites is 1. The predicted molar refractivity (Wildman–Crippen MR) is 127 cm³/mol. The fourth-order valence-corrected chi connectivity index (χ4v) is 4.01. The number of urea groups is 1. The molecule has 4 rings (SSSR count). The van der Waals surface area contributed by atoms with Crippen LogP contribution in [0.25, 0.3) is 0 Å². The fraction of sp³-hybridized carbons (Fsp3) is 0.269. The van der Waals surface area contributed by atoms with E-state index in [1.807, 2.05) is 71.6 Å². The third-order valence-electron chi connectivity index (χ3n) is 5.76. The lowest BCUT2D eigenvalue weighted by Crippen LogP contribution is -2.44. The van der Waals surface area contributed by atoms with Crippen molar-refractivity contribution in [2.24, 2.45) is 0 Å². The third-order valence-corrected chi connectivity index (χ3v) is 5.76. The fourth-order valence-electron chi connectivity index (χ4n) is 4.01. The van der Waals surface area contributed by atoms with Crippen LogP contribution in [0, 0.1) is 0 Å². The van der Waals surface area contributed by atoms with E-state index in [2.05, 4.69) is 5.32 Å². The van der Waals surface area contributed by atoms with Crippen molar-refractivity contribution in [3.05, 3.63) is 77.9 Å². The predicted octanol–water partition coefficient (Wildman–Crippen LogP) is 4.92. The van der Waals surface area contributed by atoms with Gasteiger partial charge in [0.15, 0.2) is 11.5 Å². The van der Waals surface area contributed by atoms with Gasteiger partial charge in [-0.2, -0.15) is 0 Å². The molecule has 7 heteroatoms. The maximum atomic E-state index is 13.2. The van der Waals surface area contributed by atoms with Gasteiger partial charge >= 0.3 is 6.03 Å². The van der Waals surface area contributed by atoms with Gasteiger partial charge in [-0.25, -0.2) is 4.79 Å². The molecule has 172 valence electrons. The smallest absolute Gasteiger partial charge is 0.322 e. The van der Waals surface area contributed by atoms with E-state index in [-0.39, 0.29) is 18.7 Å². The minimum Gasteiger partial charge on any atom is -0.497 e. The Balaban J connectivity index is 1.63. The van der Waals surface area contributed by atoms with Crippen molar-refractivity contribution < 1.29 is 23.7 Å². The number of nitrogens with one attached hydrogen (secondary N) is 1. The highest BCUT2D eigenvalue weighted by atomic mass is 16.5. The molecule has 0 bridgehead atoms. The maximum Gasteiger partial charge on any atom is 0.322 e. The number of rotatable bonds is 7. The van der Waals surface area contributed by atoms with Crippen LogP contribution in [0.4, 0.5) is 10.5 Å². The van der Waals surface area contributed by atoms with Gasteiger partial charge in [0, 0.05) is 12.2 Å². The molecule has 3 aromatic carbocycles. The molecule has 0 unspecified atom stereocenters. The van der Waals surface area contributed by atoms with Gasteiger partial charge in [-0.05, 0) is 66.1 Å². The summed E-state index contributed by atoms with van der Waals surface area (Å²) in [5.74, 6) is 2.75. The van der Waals surface area contributed by atoms with Gasteiger partial charge < -0.3 is 29.2 Å². The van der Waals surface area contributed by atoms with Crippen molar-refractivity contribution in [3.63, 3.8) is 0 Å². The molecule has 0 aliphatic carbocycles. The highest BCUT2D eigenvalue weighted by Gasteiger charge is 2.33. The highest BCUT2D eigenvalue weighted by molar-refractivity contribution is 5.89. The van der Waals surface area contributed by atoms with Crippen LogP contribution >= 0.6 is 0 Å². The van der Waals surface area contributed by atoms with Crippen LogP contribution in [0.1, 0.15) is 17.2 Å². The Kier molecular flexibility index (Phi) is 6.88. The van der Waals surface area contributed by atoms with Crippen LogP contribution < -0.4 is 24.3 Å². The molecule has 0 radical (unpaired) electrons. The first-order valence-electron chi connectivity index (χ1n) is 10.8. The Morgan fingerprint density at radius 1 is 0.909 bits per heavy atom. The number of amides is 2. The van der Waals surface area contributed by atoms with E-state index in [1.165, 1.54) is 0 Å². The Bertz CT molecular complexity index is 1090. The van der Waals surface area contributed by atoms with E-state index in [0.717, 1.165) is 22.6 Å². The molecule has 1 aliphatic rings. The molecule has 1 heterocycles. The number of carbonyl (C=O) groups excluding carboxylic acids is 1. The summed E-state index contributed by atoms with van der Waals surface area (Å²) in [4.78, 5) is 15.1. The molecule has 0 aromatic heterocycles. The van der Waals surface area contributed by atoms with Crippen molar-refractivity contribution in [2.45, 2.75) is 12.5 Å². The van der Waals surface area contributed by atoms with Gasteiger partial charge in [0.05, 0.1) is 27.4 Å². The van der Waals surface area contributed by atoms with Gasteiger partial charge in [-0.15, -0.1) is 0 Å². The van der Waals surface area contributed by atoms with Gasteiger partial charge in [-0.1, -0.05) is 18.2 Å². The van der Waals surface area contributed by atoms with E-state index in [4.69, 9.17) is 18.9 Å². The number of carbonyl (C=O) groups is 1. The third kappa shape index (κ3) is 4.98. The molecule has 0 spiro atoms. The van der Waals surface area contributed by atoms with Crippen molar-refractivity contribution in [2.75, 3.05) is 39.8 Å². The van der Waals surface area contributed by atoms with Crippen LogP contribution in [0.15, 0.2) is 66.7 Å². The van der Waals surface area contributed by atoms with Gasteiger partial charge in [0.1, 0.15) is 18.1 Å². The average molecular weight is 449 g/mol. The quantitative estimate of drug-likeness (QED) is 0.556. The Labute approximate surface area is 193 Å². The number of anilines is 1. The van der Waals surface area contributed by atoms with Crippen LogP contribution in [-0.2, 0) is 6.42 Å². The largest absolute Gasteiger partial charge is 0.497 e. The molecule has 33 heavy (non-hydrogen) atoms. The lowest BCUT2D eigenvalue weighted by atomic mass is 9.92. The summed E-state index contributed by atoms with van der Waals surface area (Å²) < 4.78 is 22.3. The highest BCUT2D eigenvalue weighted by Crippen LogP contribution is 2.38. The second-order valence-corrected chi connectivity index (χ2v) is 7.65. The molecule has 0 saturated carbocycles. The summed E-state index contributed by atoms with van der Waals surface area (Å²) in [5.41, 5.74) is 2.84. The molecular formula is C26H28N2O5. The second-order valence-electron chi connectivity index (χ2n) is 7.65. The Hall–Kier alpha value is -3.87. The number of hydrogen-bond acceptors (Lipinski definition) is 5. The average Bonchev–Trinajstić information content (AvgIpc) is 2.87. The Morgan fingerprint density at radius 2 is 1.58 bits per heavy atom. The number of nitrogens with zero attached hydrogens (tertiary/aromatic N) is 1. The topological polar surface area (TPSA) is 69.3 Å². The van der Waals surface area contributed by atoms with Gasteiger partial charge in [0.2, 0.25) is 0 Å². The monoisotopic (exact) mass is 448 g/mol. The zero-order valence-electron chi connectivity index (χ0n) is 19.0. The molecular weight excluding hydrogens is 420 g/mol. The van der Waals surface area contributed by atoms with Crippen molar-refractivity contribution in [1.29, 1.82) is 0 Å². The summed E-state index contributed by atoms with van der Waals surface area (Å²) in [7, 11) is 4.85. The van der Waals surface area contributed by atoms with E-state index in [1.54, 1.807) is 21.3 Å². The van der Waals surface area contributed by atoms with E-state index in [0.29, 0.717) is 30.2 Å². The second kappa shape index (κ2) is 10.2. The summed E-state index contributed by atoms with van der Waals surface area (Å²) in [6, 6.07) is 20.3. The van der Waals surface area contributed by atoms with Crippen molar-refractivity contribution in [1.82, 2.24) is 4.90 Å². The van der Waals surface area contributed by atoms with E-state index >= 15 is 0 Å². The molecule has 0 saturated heterocycles. The number of hydrogen-bond donors (Lipinski definition) is 1. The first-order chi connectivity index (χ1) is 16.1. The minimum absolute atomic E-state index is 0.176. The SMILES string of the molecule is COc1ccc(OC[C@@H]2c3cc(OC)c(OC)cc3CCN2C(=O)Nc2ccccc2)cc1. The normalized spacial score (nSPS) is 14.8. The zero-order valence-corrected chi connectivity index (χ0v) is 19.0. The number of methoxy groups -OCH3 is 3. The summed E-state index contributed by atoms with van der Waals surface area (Å²) in [6.45, 7) is 0.842. The lowest BCUT2D eigenvalue weighted by Gasteiger charge is -2.37. The maximum absolute atomic E-state index is 13.2. The van der Waals surface area contributed by atoms with E-state index in [9.17, 15) is 4.79 Å². The number of ether oxygens (including phenoxy) is 4. The molecule has 1 atom stereocenters. The molecule has 0 fully saturated rings. The van der Waals surface area contributed by atoms with E-state index < -0.39 is 0 Å². The summed E-state index contributed by atoms with van der Waals surface area (Å²) >= 11 is 0. The van der Waals surface area contributed by atoms with Crippen LogP contribution in [0.2, 0.25) is 0 Å². The first kappa shape index (κ1) is 22.3. The van der Waals surface area contributed by atoms with Crippen molar-refractivity contribution >= 4 is 11.7 Å². The summed E-state index contributed by atoms with van der Waals surface area (Å²) in [5, 5.41) is 3.00. The molecule has 3 aromatic rings. The van der Waals surface area contributed by atoms with Crippen molar-refractivity contribution in [3.8, 4) is 23.0 Å². The molecule has 7 nitrogen and oxygen atoms in total.